The number of aliphatic carboxylic acids is 1. The molecule has 0 aliphatic carbocycles. The van der Waals surface area contributed by atoms with E-state index in [4.69, 9.17) is 9.84 Å². The molecule has 2 N–H and O–H groups in total. The number of carboxylic acid groups (broad SMARTS) is 1. The fraction of sp³-hybridized carbons (Fsp3) is 0.846. The van der Waals surface area contributed by atoms with Crippen molar-refractivity contribution >= 4 is 12.0 Å². The molecule has 6 nitrogen and oxygen atoms in total. The highest BCUT2D eigenvalue weighted by molar-refractivity contribution is 5.83. The number of carbonyl (C=O) groups excluding carboxylic acids is 1. The van der Waals surface area contributed by atoms with Crippen molar-refractivity contribution in [3.63, 3.8) is 0 Å². The van der Waals surface area contributed by atoms with E-state index < -0.39 is 12.0 Å². The van der Waals surface area contributed by atoms with Gasteiger partial charge in [-0.25, -0.2) is 9.59 Å². The minimum atomic E-state index is -1.02. The van der Waals surface area contributed by atoms with E-state index in [9.17, 15) is 9.59 Å². The SMILES string of the molecule is CCC(C)CC(C)NC(=O)N1CCOCC1C(=O)O. The second-order valence-electron chi connectivity index (χ2n) is 5.22. The quantitative estimate of drug-likeness (QED) is 0.791. The third kappa shape index (κ3) is 4.70. The summed E-state index contributed by atoms with van der Waals surface area (Å²) >= 11 is 0. The predicted octanol–water partition coefficient (Wildman–Crippen LogP) is 1.31. The van der Waals surface area contributed by atoms with Crippen LogP contribution in [0.2, 0.25) is 0 Å². The van der Waals surface area contributed by atoms with Gasteiger partial charge in [0.05, 0.1) is 13.2 Å². The maximum absolute atomic E-state index is 12.1. The van der Waals surface area contributed by atoms with Crippen molar-refractivity contribution in [1.82, 2.24) is 10.2 Å². The minimum Gasteiger partial charge on any atom is -0.480 e. The van der Waals surface area contributed by atoms with E-state index >= 15 is 0 Å². The zero-order chi connectivity index (χ0) is 14.4. The van der Waals surface area contributed by atoms with Crippen LogP contribution in [0.4, 0.5) is 4.79 Å². The lowest BCUT2D eigenvalue weighted by molar-refractivity contribution is -0.147. The molecule has 19 heavy (non-hydrogen) atoms. The van der Waals surface area contributed by atoms with Crippen LogP contribution in [0.25, 0.3) is 0 Å². The van der Waals surface area contributed by atoms with Gasteiger partial charge in [0.15, 0.2) is 6.04 Å². The Balaban J connectivity index is 2.53. The Bertz CT molecular complexity index is 322. The van der Waals surface area contributed by atoms with Crippen molar-refractivity contribution in [2.75, 3.05) is 19.8 Å². The maximum Gasteiger partial charge on any atom is 0.328 e. The maximum atomic E-state index is 12.1. The van der Waals surface area contributed by atoms with Gasteiger partial charge in [-0.15, -0.1) is 0 Å². The monoisotopic (exact) mass is 272 g/mol. The summed E-state index contributed by atoms with van der Waals surface area (Å²) in [5.41, 5.74) is 0. The van der Waals surface area contributed by atoms with Crippen LogP contribution >= 0.6 is 0 Å². The number of hydrogen-bond donors (Lipinski definition) is 2. The highest BCUT2D eigenvalue weighted by Gasteiger charge is 2.33. The lowest BCUT2D eigenvalue weighted by atomic mass is 10.0. The summed E-state index contributed by atoms with van der Waals surface area (Å²) in [6.45, 7) is 6.96. The Hall–Kier alpha value is -1.30. The molecule has 0 spiro atoms. The van der Waals surface area contributed by atoms with Gasteiger partial charge < -0.3 is 20.1 Å². The van der Waals surface area contributed by atoms with E-state index in [-0.39, 0.29) is 18.7 Å². The highest BCUT2D eigenvalue weighted by atomic mass is 16.5. The summed E-state index contributed by atoms with van der Waals surface area (Å²) in [6.07, 6.45) is 1.96. The van der Waals surface area contributed by atoms with Gasteiger partial charge in [0.2, 0.25) is 0 Å². The average Bonchev–Trinajstić information content (AvgIpc) is 2.38. The lowest BCUT2D eigenvalue weighted by Crippen LogP contribution is -2.56. The molecule has 1 fully saturated rings. The smallest absolute Gasteiger partial charge is 0.328 e. The van der Waals surface area contributed by atoms with E-state index in [2.05, 4.69) is 19.2 Å². The van der Waals surface area contributed by atoms with Gasteiger partial charge in [-0.2, -0.15) is 0 Å². The number of hydrogen-bond acceptors (Lipinski definition) is 3. The van der Waals surface area contributed by atoms with Gasteiger partial charge in [-0.1, -0.05) is 20.3 Å². The number of morpholine rings is 1. The number of carboxylic acids is 1. The third-order valence-electron chi connectivity index (χ3n) is 3.50. The molecule has 0 saturated carbocycles. The summed E-state index contributed by atoms with van der Waals surface area (Å²) in [5.74, 6) is -0.486. The number of nitrogens with one attached hydrogen (secondary N) is 1. The Morgan fingerprint density at radius 2 is 2.16 bits per heavy atom. The molecule has 0 bridgehead atoms. The van der Waals surface area contributed by atoms with Crippen molar-refractivity contribution in [2.24, 2.45) is 5.92 Å². The molecule has 3 unspecified atom stereocenters. The average molecular weight is 272 g/mol. The third-order valence-corrected chi connectivity index (χ3v) is 3.50. The molecule has 1 rings (SSSR count). The van der Waals surface area contributed by atoms with Crippen LogP contribution in [0.1, 0.15) is 33.6 Å². The van der Waals surface area contributed by atoms with E-state index in [1.165, 1.54) is 4.90 Å². The van der Waals surface area contributed by atoms with Crippen LogP contribution in [-0.4, -0.2) is 53.8 Å². The van der Waals surface area contributed by atoms with Crippen LogP contribution in [-0.2, 0) is 9.53 Å². The molecule has 0 aromatic rings. The number of ether oxygens (including phenoxy) is 1. The first-order chi connectivity index (χ1) is 8.95. The first-order valence-electron chi connectivity index (χ1n) is 6.83. The Morgan fingerprint density at radius 3 is 2.74 bits per heavy atom. The van der Waals surface area contributed by atoms with E-state index in [0.29, 0.717) is 19.1 Å². The van der Waals surface area contributed by atoms with Gasteiger partial charge in [0, 0.05) is 12.6 Å². The molecule has 1 aliphatic heterocycles. The largest absolute Gasteiger partial charge is 0.480 e. The zero-order valence-electron chi connectivity index (χ0n) is 11.9. The summed E-state index contributed by atoms with van der Waals surface area (Å²) in [5, 5.41) is 11.9. The second-order valence-corrected chi connectivity index (χ2v) is 5.22. The summed E-state index contributed by atoms with van der Waals surface area (Å²) < 4.78 is 5.11. The molecular formula is C13H24N2O4. The van der Waals surface area contributed by atoms with Crippen molar-refractivity contribution in [1.29, 1.82) is 0 Å². The van der Waals surface area contributed by atoms with Crippen molar-refractivity contribution in [2.45, 2.75) is 45.7 Å². The molecule has 3 atom stereocenters. The first-order valence-corrected chi connectivity index (χ1v) is 6.83. The molecule has 0 radical (unpaired) electrons. The van der Waals surface area contributed by atoms with Crippen LogP contribution in [0.3, 0.4) is 0 Å². The Kier molecular flexibility index (Phi) is 6.08. The summed E-state index contributed by atoms with van der Waals surface area (Å²) in [7, 11) is 0. The minimum absolute atomic E-state index is 0.0414. The number of nitrogens with zero attached hydrogens (tertiary/aromatic N) is 1. The molecule has 2 amide bonds. The van der Waals surface area contributed by atoms with Gasteiger partial charge in [-0.05, 0) is 19.3 Å². The molecule has 6 heteroatoms. The van der Waals surface area contributed by atoms with Gasteiger partial charge in [-0.3, -0.25) is 0 Å². The molecule has 1 heterocycles. The van der Waals surface area contributed by atoms with E-state index in [1.807, 2.05) is 6.92 Å². The molecule has 1 saturated heterocycles. The van der Waals surface area contributed by atoms with Gasteiger partial charge in [0.1, 0.15) is 0 Å². The molecule has 0 aromatic carbocycles. The number of carbonyl (C=O) groups is 2. The molecular weight excluding hydrogens is 248 g/mol. The number of amides is 2. The Labute approximate surface area is 114 Å². The van der Waals surface area contributed by atoms with E-state index in [0.717, 1.165) is 12.8 Å². The predicted molar refractivity (Wildman–Crippen MR) is 71.0 cm³/mol. The van der Waals surface area contributed by atoms with Crippen LogP contribution < -0.4 is 5.32 Å². The zero-order valence-corrected chi connectivity index (χ0v) is 11.9. The van der Waals surface area contributed by atoms with Crippen LogP contribution in [0.15, 0.2) is 0 Å². The van der Waals surface area contributed by atoms with Gasteiger partial charge >= 0.3 is 12.0 Å². The second kappa shape index (κ2) is 7.33. The summed E-state index contributed by atoms with van der Waals surface area (Å²) in [4.78, 5) is 24.5. The fourth-order valence-corrected chi connectivity index (χ4v) is 2.17. The van der Waals surface area contributed by atoms with Crippen LogP contribution in [0, 0.1) is 5.92 Å². The molecule has 1 aliphatic rings. The first kappa shape index (κ1) is 15.8. The topological polar surface area (TPSA) is 78.9 Å². The normalized spacial score (nSPS) is 22.7. The van der Waals surface area contributed by atoms with Crippen molar-refractivity contribution < 1.29 is 19.4 Å². The highest BCUT2D eigenvalue weighted by Crippen LogP contribution is 2.11. The lowest BCUT2D eigenvalue weighted by Gasteiger charge is -2.33. The van der Waals surface area contributed by atoms with Gasteiger partial charge in [0.25, 0.3) is 0 Å². The summed E-state index contributed by atoms with van der Waals surface area (Å²) in [6, 6.07) is -1.16. The molecule has 0 aromatic heterocycles. The van der Waals surface area contributed by atoms with Crippen molar-refractivity contribution in [3.05, 3.63) is 0 Å². The van der Waals surface area contributed by atoms with Crippen LogP contribution in [0.5, 0.6) is 0 Å². The Morgan fingerprint density at radius 1 is 1.47 bits per heavy atom. The van der Waals surface area contributed by atoms with Crippen molar-refractivity contribution in [3.8, 4) is 0 Å². The number of rotatable bonds is 5. The fourth-order valence-electron chi connectivity index (χ4n) is 2.17. The standard InChI is InChI=1S/C13H24N2O4/c1-4-9(2)7-10(3)14-13(18)15-5-6-19-8-11(15)12(16)17/h9-11H,4-8H2,1-3H3,(H,14,18)(H,16,17). The molecule has 110 valence electrons. The van der Waals surface area contributed by atoms with E-state index in [1.54, 1.807) is 0 Å². The number of urea groups is 1.